The molecule has 1 amide bonds. The number of hydrogen-bond acceptors (Lipinski definition) is 4. The number of alkyl carbamates (subject to hydrolysis) is 1. The number of guanidine groups is 1. The molecule has 0 saturated carbocycles. The van der Waals surface area contributed by atoms with Gasteiger partial charge in [-0.2, -0.15) is 0 Å². The maximum Gasteiger partial charge on any atom is 0.407 e. The van der Waals surface area contributed by atoms with Gasteiger partial charge in [-0.05, 0) is 46.1 Å². The van der Waals surface area contributed by atoms with Crippen molar-refractivity contribution in [3.05, 3.63) is 35.9 Å². The van der Waals surface area contributed by atoms with Crippen LogP contribution >= 0.6 is 0 Å². The smallest absolute Gasteiger partial charge is 0.407 e. The maximum absolute atomic E-state index is 11.6. The Kier molecular flexibility index (Phi) is 8.76. The van der Waals surface area contributed by atoms with E-state index in [2.05, 4.69) is 63.1 Å². The van der Waals surface area contributed by atoms with E-state index in [1.54, 1.807) is 7.05 Å². The Balaban J connectivity index is 1.66. The number of aliphatic imine (C=N–C) groups is 1. The fraction of sp³-hybridized carbons (Fsp3) is 0.636. The van der Waals surface area contributed by atoms with Crippen LogP contribution in [0.2, 0.25) is 0 Å². The second kappa shape index (κ2) is 11.0. The lowest BCUT2D eigenvalue weighted by Gasteiger charge is -2.21. The highest BCUT2D eigenvalue weighted by Gasteiger charge is 2.29. The number of amides is 1. The standard InChI is InChI=1S/C22H37N5O2/c1-17-14-19(16-27(17)15-18-10-7-6-8-11-18)26-20(23-5)24-12-9-13-25-21(28)29-22(2,3)4/h6-8,10-11,17,19H,9,12-16H2,1-5H3,(H,25,28)(H2,23,24,26). The average Bonchev–Trinajstić information content (AvgIpc) is 2.98. The van der Waals surface area contributed by atoms with Gasteiger partial charge in [0, 0.05) is 45.3 Å². The predicted octanol–water partition coefficient (Wildman–Crippen LogP) is 2.73. The quantitative estimate of drug-likeness (QED) is 0.371. The van der Waals surface area contributed by atoms with Crippen LogP contribution in [0.4, 0.5) is 4.79 Å². The van der Waals surface area contributed by atoms with Gasteiger partial charge in [0.05, 0.1) is 0 Å². The van der Waals surface area contributed by atoms with E-state index in [-0.39, 0.29) is 6.09 Å². The van der Waals surface area contributed by atoms with Crippen LogP contribution in [0.3, 0.4) is 0 Å². The molecule has 1 fully saturated rings. The molecule has 0 radical (unpaired) electrons. The third-order valence-electron chi connectivity index (χ3n) is 4.81. The minimum absolute atomic E-state index is 0.375. The molecule has 162 valence electrons. The molecule has 1 aliphatic rings. The monoisotopic (exact) mass is 403 g/mol. The highest BCUT2D eigenvalue weighted by molar-refractivity contribution is 5.80. The van der Waals surface area contributed by atoms with Gasteiger partial charge in [-0.15, -0.1) is 0 Å². The first-order chi connectivity index (χ1) is 13.8. The number of carbonyl (C=O) groups excluding carboxylic acids is 1. The lowest BCUT2D eigenvalue weighted by atomic mass is 10.2. The Morgan fingerprint density at radius 2 is 1.90 bits per heavy atom. The van der Waals surface area contributed by atoms with Crippen molar-refractivity contribution in [2.24, 2.45) is 4.99 Å². The van der Waals surface area contributed by atoms with Crippen molar-refractivity contribution in [3.8, 4) is 0 Å². The summed E-state index contributed by atoms with van der Waals surface area (Å²) in [6.45, 7) is 11.1. The van der Waals surface area contributed by atoms with Crippen LogP contribution in [0.1, 0.15) is 46.1 Å². The molecule has 0 bridgehead atoms. The summed E-state index contributed by atoms with van der Waals surface area (Å²) in [6.07, 6.45) is 1.51. The van der Waals surface area contributed by atoms with Crippen LogP contribution in [-0.4, -0.2) is 61.3 Å². The summed E-state index contributed by atoms with van der Waals surface area (Å²) < 4.78 is 5.23. The van der Waals surface area contributed by atoms with Gasteiger partial charge in [-0.25, -0.2) is 4.79 Å². The van der Waals surface area contributed by atoms with Gasteiger partial charge < -0.3 is 20.7 Å². The molecular formula is C22H37N5O2. The van der Waals surface area contributed by atoms with Crippen molar-refractivity contribution < 1.29 is 9.53 Å². The molecule has 29 heavy (non-hydrogen) atoms. The van der Waals surface area contributed by atoms with E-state index in [0.29, 0.717) is 18.6 Å². The molecule has 1 aliphatic heterocycles. The van der Waals surface area contributed by atoms with E-state index in [9.17, 15) is 4.79 Å². The molecule has 2 rings (SSSR count). The summed E-state index contributed by atoms with van der Waals surface area (Å²) in [5.74, 6) is 0.807. The average molecular weight is 404 g/mol. The Morgan fingerprint density at radius 3 is 2.55 bits per heavy atom. The Hall–Kier alpha value is -2.28. The topological polar surface area (TPSA) is 78.0 Å². The van der Waals surface area contributed by atoms with E-state index in [1.807, 2.05) is 20.8 Å². The van der Waals surface area contributed by atoms with Gasteiger partial charge >= 0.3 is 6.09 Å². The zero-order chi connectivity index (χ0) is 21.3. The fourth-order valence-corrected chi connectivity index (χ4v) is 3.43. The first-order valence-electron chi connectivity index (χ1n) is 10.5. The van der Waals surface area contributed by atoms with Crippen LogP contribution in [0, 0.1) is 0 Å². The van der Waals surface area contributed by atoms with Crippen molar-refractivity contribution in [2.45, 2.75) is 64.8 Å². The number of nitrogens with zero attached hydrogens (tertiary/aromatic N) is 2. The minimum Gasteiger partial charge on any atom is -0.444 e. The zero-order valence-electron chi connectivity index (χ0n) is 18.5. The van der Waals surface area contributed by atoms with Gasteiger partial charge in [0.25, 0.3) is 0 Å². The van der Waals surface area contributed by atoms with Gasteiger partial charge in [-0.3, -0.25) is 9.89 Å². The van der Waals surface area contributed by atoms with Crippen molar-refractivity contribution >= 4 is 12.1 Å². The van der Waals surface area contributed by atoms with Gasteiger partial charge in [0.2, 0.25) is 0 Å². The number of hydrogen-bond donors (Lipinski definition) is 3. The predicted molar refractivity (Wildman–Crippen MR) is 118 cm³/mol. The number of nitrogens with one attached hydrogen (secondary N) is 3. The summed E-state index contributed by atoms with van der Waals surface area (Å²) in [4.78, 5) is 18.5. The van der Waals surface area contributed by atoms with Crippen LogP contribution in [-0.2, 0) is 11.3 Å². The molecular weight excluding hydrogens is 366 g/mol. The van der Waals surface area contributed by atoms with Crippen LogP contribution in [0.25, 0.3) is 0 Å². The molecule has 0 aromatic heterocycles. The molecule has 1 heterocycles. The first kappa shape index (κ1) is 23.0. The molecule has 7 nitrogen and oxygen atoms in total. The molecule has 1 saturated heterocycles. The molecule has 7 heteroatoms. The summed E-state index contributed by atoms with van der Waals surface area (Å²) in [5.41, 5.74) is 0.876. The van der Waals surface area contributed by atoms with Crippen LogP contribution in [0.5, 0.6) is 0 Å². The largest absolute Gasteiger partial charge is 0.444 e. The Labute approximate surface area is 175 Å². The first-order valence-corrected chi connectivity index (χ1v) is 10.5. The number of carbonyl (C=O) groups is 1. The molecule has 1 aromatic rings. The van der Waals surface area contributed by atoms with Crippen molar-refractivity contribution in [1.29, 1.82) is 0 Å². The van der Waals surface area contributed by atoms with E-state index >= 15 is 0 Å². The number of ether oxygens (including phenoxy) is 1. The summed E-state index contributed by atoms with van der Waals surface area (Å²) in [7, 11) is 1.79. The van der Waals surface area contributed by atoms with Crippen molar-refractivity contribution in [3.63, 3.8) is 0 Å². The lowest BCUT2D eigenvalue weighted by molar-refractivity contribution is 0.0527. The van der Waals surface area contributed by atoms with Crippen LogP contribution in [0.15, 0.2) is 35.3 Å². The highest BCUT2D eigenvalue weighted by Crippen LogP contribution is 2.20. The molecule has 0 aliphatic carbocycles. The van der Waals surface area contributed by atoms with Crippen molar-refractivity contribution in [1.82, 2.24) is 20.9 Å². The van der Waals surface area contributed by atoms with E-state index in [4.69, 9.17) is 4.74 Å². The van der Waals surface area contributed by atoms with Gasteiger partial charge in [-0.1, -0.05) is 30.3 Å². The van der Waals surface area contributed by atoms with E-state index in [1.165, 1.54) is 5.56 Å². The molecule has 3 N–H and O–H groups in total. The summed E-state index contributed by atoms with van der Waals surface area (Å²) in [5, 5.41) is 9.62. The molecule has 0 spiro atoms. The van der Waals surface area contributed by atoms with Gasteiger partial charge in [0.1, 0.15) is 5.60 Å². The minimum atomic E-state index is -0.471. The van der Waals surface area contributed by atoms with E-state index < -0.39 is 5.60 Å². The number of likely N-dealkylation sites (tertiary alicyclic amines) is 1. The number of benzene rings is 1. The third kappa shape index (κ3) is 8.73. The fourth-order valence-electron chi connectivity index (χ4n) is 3.43. The second-order valence-corrected chi connectivity index (χ2v) is 8.62. The SMILES string of the molecule is CN=C(NCCCNC(=O)OC(C)(C)C)NC1CC(C)N(Cc2ccccc2)C1. The highest BCUT2D eigenvalue weighted by atomic mass is 16.6. The second-order valence-electron chi connectivity index (χ2n) is 8.62. The lowest BCUT2D eigenvalue weighted by Crippen LogP contribution is -2.45. The Bertz CT molecular complexity index is 657. The maximum atomic E-state index is 11.6. The zero-order valence-corrected chi connectivity index (χ0v) is 18.5. The van der Waals surface area contributed by atoms with Crippen molar-refractivity contribution in [2.75, 3.05) is 26.7 Å². The Morgan fingerprint density at radius 1 is 1.21 bits per heavy atom. The third-order valence-corrected chi connectivity index (χ3v) is 4.81. The molecule has 2 atom stereocenters. The normalized spacial score (nSPS) is 20.4. The molecule has 2 unspecified atom stereocenters. The molecule has 1 aromatic carbocycles. The summed E-state index contributed by atoms with van der Waals surface area (Å²) in [6, 6.07) is 11.5. The summed E-state index contributed by atoms with van der Waals surface area (Å²) >= 11 is 0. The number of rotatable bonds is 7. The van der Waals surface area contributed by atoms with E-state index in [0.717, 1.165) is 38.4 Å². The van der Waals surface area contributed by atoms with Gasteiger partial charge in [0.15, 0.2) is 5.96 Å². The van der Waals surface area contributed by atoms with Crippen LogP contribution < -0.4 is 16.0 Å².